The second-order valence-corrected chi connectivity index (χ2v) is 1.73. The molecule has 0 unspecified atom stereocenters. The Bertz CT molecular complexity index is 117. The van der Waals surface area contributed by atoms with Gasteiger partial charge in [-0.25, -0.2) is 4.79 Å². The Labute approximate surface area is 84.3 Å². The summed E-state index contributed by atoms with van der Waals surface area (Å²) in [6.45, 7) is 5.82. The van der Waals surface area contributed by atoms with E-state index in [9.17, 15) is 4.79 Å². The average Bonchev–Trinajstić information content (AvgIpc) is 2.08. The molecular formula is C7H12O2SSn. The van der Waals surface area contributed by atoms with Gasteiger partial charge in [-0.05, 0) is 6.42 Å². The minimum absolute atomic E-state index is 0.330. The third-order valence-corrected chi connectivity index (χ3v) is 0.909. The molecule has 0 fully saturated rings. The molecule has 0 rings (SSSR count). The monoisotopic (exact) mass is 280 g/mol. The second kappa shape index (κ2) is 12.9. The number of hydrogen-bond acceptors (Lipinski definition) is 3. The zero-order valence-corrected chi connectivity index (χ0v) is 10.3. The van der Waals surface area contributed by atoms with Gasteiger partial charge in [0.1, 0.15) is 0 Å². The molecule has 0 spiro atoms. The summed E-state index contributed by atoms with van der Waals surface area (Å²) >= 11 is 1.13. The summed E-state index contributed by atoms with van der Waals surface area (Å²) in [5, 5.41) is 0. The molecule has 2 nitrogen and oxygen atoms in total. The van der Waals surface area contributed by atoms with Gasteiger partial charge >= 0.3 is 35.8 Å². The maximum atomic E-state index is 10.3. The van der Waals surface area contributed by atoms with Crippen LogP contribution in [-0.2, 0) is 9.53 Å². The van der Waals surface area contributed by atoms with Crippen LogP contribution in [0.2, 0.25) is 0 Å². The van der Waals surface area contributed by atoms with Crippen molar-refractivity contribution < 1.29 is 9.53 Å². The van der Waals surface area contributed by atoms with Crippen LogP contribution in [0.3, 0.4) is 0 Å². The number of rotatable bonds is 4. The fraction of sp³-hybridized carbons (Fsp3) is 0.571. The summed E-state index contributed by atoms with van der Waals surface area (Å²) in [4.78, 5) is 10.3. The average molecular weight is 279 g/mol. The van der Waals surface area contributed by atoms with Crippen LogP contribution >= 0.6 is 9.29 Å². The maximum absolute atomic E-state index is 10.3. The van der Waals surface area contributed by atoms with Crippen molar-refractivity contribution in [1.82, 2.24) is 0 Å². The van der Waals surface area contributed by atoms with Crippen LogP contribution in [-0.4, -0.2) is 33.2 Å². The van der Waals surface area contributed by atoms with Gasteiger partial charge in [0.2, 0.25) is 0 Å². The van der Waals surface area contributed by atoms with Crippen molar-refractivity contribution in [2.24, 2.45) is 0 Å². The van der Waals surface area contributed by atoms with Gasteiger partial charge in [0.05, 0.1) is 6.61 Å². The molecule has 0 aromatic rings. The number of carbonyl (C=O) groups excluding carboxylic acids is 1. The molecule has 4 heteroatoms. The SMILES string of the molecule is C=CC(=O)OCCCC.[S]=[Sn]. The number of esters is 1. The molecule has 0 aliphatic heterocycles. The summed E-state index contributed by atoms with van der Waals surface area (Å²) in [7, 11) is 4.17. The van der Waals surface area contributed by atoms with Gasteiger partial charge in [0.25, 0.3) is 0 Å². The van der Waals surface area contributed by atoms with Crippen molar-refractivity contribution in [2.45, 2.75) is 19.8 Å². The summed E-state index contributed by atoms with van der Waals surface area (Å²) in [6.07, 6.45) is 3.15. The van der Waals surface area contributed by atoms with Gasteiger partial charge in [-0.2, -0.15) is 0 Å². The molecule has 11 heavy (non-hydrogen) atoms. The molecule has 0 saturated carbocycles. The van der Waals surface area contributed by atoms with Gasteiger partial charge in [-0.1, -0.05) is 19.9 Å². The Morgan fingerprint density at radius 2 is 2.27 bits per heavy atom. The van der Waals surface area contributed by atoms with Gasteiger partial charge in [-0.15, -0.1) is 0 Å². The first-order valence-electron chi connectivity index (χ1n) is 3.31. The van der Waals surface area contributed by atoms with E-state index in [0.717, 1.165) is 33.4 Å². The summed E-state index contributed by atoms with van der Waals surface area (Å²) in [6, 6.07) is 0. The molecule has 0 aliphatic rings. The molecule has 0 aromatic heterocycles. The van der Waals surface area contributed by atoms with E-state index in [0.29, 0.717) is 6.61 Å². The minimum atomic E-state index is -0.330. The van der Waals surface area contributed by atoms with Crippen LogP contribution in [0.15, 0.2) is 12.7 Å². The van der Waals surface area contributed by atoms with Crippen LogP contribution in [0.4, 0.5) is 0 Å². The summed E-state index contributed by atoms with van der Waals surface area (Å²) in [5.74, 6) is -0.330. The van der Waals surface area contributed by atoms with Crippen LogP contribution in [0.1, 0.15) is 19.8 Å². The van der Waals surface area contributed by atoms with E-state index >= 15 is 0 Å². The van der Waals surface area contributed by atoms with Gasteiger partial charge in [0.15, 0.2) is 0 Å². The number of hydrogen-bond donors (Lipinski definition) is 0. The molecule has 0 aromatic carbocycles. The van der Waals surface area contributed by atoms with Crippen molar-refractivity contribution >= 4 is 35.8 Å². The first-order chi connectivity index (χ1) is 5.31. The van der Waals surface area contributed by atoms with E-state index in [1.165, 1.54) is 6.08 Å². The van der Waals surface area contributed by atoms with E-state index in [-0.39, 0.29) is 5.97 Å². The molecule has 0 N–H and O–H groups in total. The van der Waals surface area contributed by atoms with Crippen molar-refractivity contribution in [3.63, 3.8) is 0 Å². The van der Waals surface area contributed by atoms with Crippen molar-refractivity contribution in [3.8, 4) is 0 Å². The van der Waals surface area contributed by atoms with E-state index in [2.05, 4.69) is 20.6 Å². The Balaban J connectivity index is 0. The number of unbranched alkanes of at least 4 members (excludes halogenated alkanes) is 1. The fourth-order valence-electron chi connectivity index (χ4n) is 0.376. The van der Waals surface area contributed by atoms with Crippen molar-refractivity contribution in [3.05, 3.63) is 12.7 Å². The first-order valence-corrected chi connectivity index (χ1v) is 7.21. The molecule has 2 radical (unpaired) electrons. The Hall–Kier alpha value is 0.229. The Morgan fingerprint density at radius 3 is 2.64 bits per heavy atom. The van der Waals surface area contributed by atoms with Crippen LogP contribution in [0.25, 0.3) is 0 Å². The molecule has 0 bridgehead atoms. The molecular weight excluding hydrogens is 267 g/mol. The van der Waals surface area contributed by atoms with Crippen molar-refractivity contribution in [1.29, 1.82) is 0 Å². The van der Waals surface area contributed by atoms with Crippen LogP contribution in [0, 0.1) is 0 Å². The summed E-state index contributed by atoms with van der Waals surface area (Å²) in [5.41, 5.74) is 0. The molecule has 0 atom stereocenters. The molecule has 0 amide bonds. The quantitative estimate of drug-likeness (QED) is 0.339. The predicted molar refractivity (Wildman–Crippen MR) is 49.4 cm³/mol. The zero-order chi connectivity index (χ0) is 9.11. The second-order valence-electron chi connectivity index (χ2n) is 1.73. The van der Waals surface area contributed by atoms with E-state index in [1.54, 1.807) is 0 Å². The Morgan fingerprint density at radius 1 is 1.73 bits per heavy atom. The topological polar surface area (TPSA) is 26.3 Å². The summed E-state index contributed by atoms with van der Waals surface area (Å²) < 4.78 is 4.67. The third kappa shape index (κ3) is 13.3. The van der Waals surface area contributed by atoms with Gasteiger partial charge in [0, 0.05) is 6.08 Å². The van der Waals surface area contributed by atoms with E-state index in [4.69, 9.17) is 0 Å². The first kappa shape index (κ1) is 13.8. The molecule has 0 aliphatic carbocycles. The predicted octanol–water partition coefficient (Wildman–Crippen LogP) is 1.78. The van der Waals surface area contributed by atoms with Gasteiger partial charge in [-0.3, -0.25) is 0 Å². The van der Waals surface area contributed by atoms with Crippen LogP contribution in [0.5, 0.6) is 0 Å². The standard InChI is InChI=1S/C7H12O2.S.Sn/c1-3-5-6-9-7(8)4-2;;/h4H,2-3,5-6H2,1H3;;. The molecule has 62 valence electrons. The Kier molecular flexibility index (Phi) is 16.1. The van der Waals surface area contributed by atoms with Crippen LogP contribution < -0.4 is 0 Å². The van der Waals surface area contributed by atoms with Gasteiger partial charge < -0.3 is 4.74 Å². The fourth-order valence-corrected chi connectivity index (χ4v) is 0.376. The normalized spacial score (nSPS) is 7.36. The molecule has 0 saturated heterocycles. The third-order valence-electron chi connectivity index (χ3n) is 0.909. The molecule has 0 heterocycles. The zero-order valence-electron chi connectivity index (χ0n) is 6.63. The van der Waals surface area contributed by atoms with E-state index in [1.807, 2.05) is 6.92 Å². The number of carbonyl (C=O) groups is 1. The van der Waals surface area contributed by atoms with E-state index < -0.39 is 0 Å². The number of ether oxygens (including phenoxy) is 1. The van der Waals surface area contributed by atoms with Crippen molar-refractivity contribution in [2.75, 3.05) is 6.61 Å².